The SMILES string of the molecule is C1CCO[Si]CC1. The average Bonchev–Trinajstić information content (AvgIpc) is 1.90. The summed E-state index contributed by atoms with van der Waals surface area (Å²) in [5.74, 6) is 0. The number of rotatable bonds is 0. The van der Waals surface area contributed by atoms with Crippen LogP contribution in [0.15, 0.2) is 0 Å². The van der Waals surface area contributed by atoms with Crippen molar-refractivity contribution in [2.24, 2.45) is 0 Å². The summed E-state index contributed by atoms with van der Waals surface area (Å²) in [5, 5.41) is 0. The molecular formula is C5H10OSi. The Bertz CT molecular complexity index is 27.7. The molecule has 40 valence electrons. The molecule has 1 aliphatic rings. The summed E-state index contributed by atoms with van der Waals surface area (Å²) in [5.41, 5.74) is 0. The van der Waals surface area contributed by atoms with Crippen molar-refractivity contribution in [3.8, 4) is 0 Å². The fourth-order valence-electron chi connectivity index (χ4n) is 0.693. The molecule has 0 unspecified atom stereocenters. The first-order valence-corrected chi connectivity index (χ1v) is 3.96. The molecule has 2 radical (unpaired) electrons. The Balaban J connectivity index is 2.04. The Labute approximate surface area is 47.0 Å². The summed E-state index contributed by atoms with van der Waals surface area (Å²) in [6, 6.07) is 1.31. The summed E-state index contributed by atoms with van der Waals surface area (Å²) >= 11 is 0. The monoisotopic (exact) mass is 114 g/mol. The lowest BCUT2D eigenvalue weighted by atomic mass is 10.3. The van der Waals surface area contributed by atoms with Crippen LogP contribution in [0.4, 0.5) is 0 Å². The second-order valence-electron chi connectivity index (χ2n) is 1.80. The van der Waals surface area contributed by atoms with Crippen LogP contribution in [0.2, 0.25) is 6.04 Å². The van der Waals surface area contributed by atoms with Gasteiger partial charge in [0.1, 0.15) is 0 Å². The van der Waals surface area contributed by atoms with Crippen LogP contribution in [-0.4, -0.2) is 16.4 Å². The van der Waals surface area contributed by atoms with E-state index in [1.54, 1.807) is 0 Å². The van der Waals surface area contributed by atoms with E-state index in [4.69, 9.17) is 4.43 Å². The van der Waals surface area contributed by atoms with Crippen LogP contribution < -0.4 is 0 Å². The Morgan fingerprint density at radius 3 is 3.14 bits per heavy atom. The van der Waals surface area contributed by atoms with Crippen LogP contribution >= 0.6 is 0 Å². The minimum Gasteiger partial charge on any atom is -0.417 e. The first-order valence-electron chi connectivity index (χ1n) is 2.85. The molecule has 0 spiro atoms. The van der Waals surface area contributed by atoms with Gasteiger partial charge in [0.05, 0.1) is 0 Å². The Kier molecular flexibility index (Phi) is 2.44. The fraction of sp³-hybridized carbons (Fsp3) is 1.00. The van der Waals surface area contributed by atoms with E-state index in [2.05, 4.69) is 0 Å². The molecule has 2 heteroatoms. The third kappa shape index (κ3) is 2.09. The van der Waals surface area contributed by atoms with Gasteiger partial charge in [-0.1, -0.05) is 12.8 Å². The molecule has 0 N–H and O–H groups in total. The first kappa shape index (κ1) is 5.32. The van der Waals surface area contributed by atoms with Crippen molar-refractivity contribution in [1.29, 1.82) is 0 Å². The third-order valence-electron chi connectivity index (χ3n) is 1.13. The Morgan fingerprint density at radius 1 is 1.14 bits per heavy atom. The maximum Gasteiger partial charge on any atom is 0.229 e. The summed E-state index contributed by atoms with van der Waals surface area (Å²) < 4.78 is 5.22. The van der Waals surface area contributed by atoms with Crippen LogP contribution in [0.1, 0.15) is 19.3 Å². The molecule has 1 nitrogen and oxygen atoms in total. The van der Waals surface area contributed by atoms with Gasteiger partial charge in [-0.15, -0.1) is 0 Å². The smallest absolute Gasteiger partial charge is 0.229 e. The fourth-order valence-corrected chi connectivity index (χ4v) is 1.52. The van der Waals surface area contributed by atoms with E-state index >= 15 is 0 Å². The van der Waals surface area contributed by atoms with E-state index in [1.165, 1.54) is 25.3 Å². The minimum atomic E-state index is 0.795. The van der Waals surface area contributed by atoms with Gasteiger partial charge in [-0.2, -0.15) is 0 Å². The van der Waals surface area contributed by atoms with E-state index in [0.29, 0.717) is 0 Å². The predicted molar refractivity (Wildman–Crippen MR) is 30.4 cm³/mol. The molecule has 0 amide bonds. The molecule has 7 heavy (non-hydrogen) atoms. The van der Waals surface area contributed by atoms with Crippen LogP contribution in [0, 0.1) is 0 Å². The zero-order valence-corrected chi connectivity index (χ0v) is 5.44. The highest BCUT2D eigenvalue weighted by atomic mass is 28.2. The van der Waals surface area contributed by atoms with Crippen molar-refractivity contribution in [2.45, 2.75) is 25.3 Å². The second-order valence-corrected chi connectivity index (χ2v) is 2.88. The van der Waals surface area contributed by atoms with Crippen LogP contribution in [0.5, 0.6) is 0 Å². The molecule has 0 bridgehead atoms. The molecule has 0 saturated carbocycles. The molecule has 1 fully saturated rings. The lowest BCUT2D eigenvalue weighted by Gasteiger charge is -1.90. The molecule has 1 rings (SSSR count). The first-order chi connectivity index (χ1) is 3.50. The lowest BCUT2D eigenvalue weighted by Crippen LogP contribution is -1.93. The van der Waals surface area contributed by atoms with Crippen LogP contribution in [0.3, 0.4) is 0 Å². The van der Waals surface area contributed by atoms with Gasteiger partial charge in [-0.05, 0) is 12.5 Å². The van der Waals surface area contributed by atoms with Gasteiger partial charge in [0.2, 0.25) is 9.76 Å². The Hall–Kier alpha value is 0.177. The van der Waals surface area contributed by atoms with Crippen molar-refractivity contribution in [3.63, 3.8) is 0 Å². The van der Waals surface area contributed by atoms with E-state index in [0.717, 1.165) is 16.4 Å². The van der Waals surface area contributed by atoms with E-state index in [1.807, 2.05) is 0 Å². The summed E-state index contributed by atoms with van der Waals surface area (Å²) in [4.78, 5) is 0. The second kappa shape index (κ2) is 3.21. The molecule has 0 aromatic heterocycles. The largest absolute Gasteiger partial charge is 0.417 e. The molecule has 1 heterocycles. The van der Waals surface area contributed by atoms with Gasteiger partial charge in [-0.3, -0.25) is 0 Å². The lowest BCUT2D eigenvalue weighted by molar-refractivity contribution is 0.336. The highest BCUT2D eigenvalue weighted by Gasteiger charge is 1.97. The minimum absolute atomic E-state index is 0.795. The molecule has 1 saturated heterocycles. The van der Waals surface area contributed by atoms with Crippen molar-refractivity contribution in [2.75, 3.05) is 6.61 Å². The van der Waals surface area contributed by atoms with E-state index < -0.39 is 0 Å². The van der Waals surface area contributed by atoms with Gasteiger partial charge >= 0.3 is 0 Å². The number of hydrogen-bond acceptors (Lipinski definition) is 1. The maximum absolute atomic E-state index is 5.22. The zero-order valence-electron chi connectivity index (χ0n) is 4.44. The molecule has 0 aliphatic carbocycles. The maximum atomic E-state index is 5.22. The van der Waals surface area contributed by atoms with E-state index in [-0.39, 0.29) is 0 Å². The van der Waals surface area contributed by atoms with Crippen LogP contribution in [0.25, 0.3) is 0 Å². The summed E-state index contributed by atoms with van der Waals surface area (Å²) in [6.07, 6.45) is 4.05. The van der Waals surface area contributed by atoms with E-state index in [9.17, 15) is 0 Å². The van der Waals surface area contributed by atoms with Crippen molar-refractivity contribution in [1.82, 2.24) is 0 Å². The van der Waals surface area contributed by atoms with Crippen molar-refractivity contribution >= 4 is 9.76 Å². The van der Waals surface area contributed by atoms with Crippen LogP contribution in [-0.2, 0) is 4.43 Å². The summed E-state index contributed by atoms with van der Waals surface area (Å²) in [6.45, 7) is 1.01. The van der Waals surface area contributed by atoms with Gasteiger partial charge in [-0.25, -0.2) is 0 Å². The Morgan fingerprint density at radius 2 is 2.14 bits per heavy atom. The van der Waals surface area contributed by atoms with Gasteiger partial charge < -0.3 is 4.43 Å². The molecular weight excluding hydrogens is 104 g/mol. The highest BCUT2D eigenvalue weighted by molar-refractivity contribution is 6.27. The number of hydrogen-bond donors (Lipinski definition) is 0. The highest BCUT2D eigenvalue weighted by Crippen LogP contribution is 2.04. The van der Waals surface area contributed by atoms with Crippen molar-refractivity contribution in [3.05, 3.63) is 0 Å². The standard InChI is InChI=1S/C5H10OSi/c1-2-4-6-7-5-3-1/h1-5H2. The topological polar surface area (TPSA) is 9.23 Å². The molecule has 0 aromatic rings. The molecule has 1 aliphatic heterocycles. The molecule has 0 atom stereocenters. The van der Waals surface area contributed by atoms with Gasteiger partial charge in [0.15, 0.2) is 0 Å². The zero-order chi connectivity index (χ0) is 4.95. The average molecular weight is 114 g/mol. The molecule has 0 aromatic carbocycles. The predicted octanol–water partition coefficient (Wildman–Crippen LogP) is 1.22. The van der Waals surface area contributed by atoms with Gasteiger partial charge in [0, 0.05) is 6.61 Å². The third-order valence-corrected chi connectivity index (χ3v) is 2.09. The normalized spacial score (nSPS) is 24.0. The summed E-state index contributed by atoms with van der Waals surface area (Å²) in [7, 11) is 0.795. The van der Waals surface area contributed by atoms with Gasteiger partial charge in [0.25, 0.3) is 0 Å². The quantitative estimate of drug-likeness (QED) is 0.430. The van der Waals surface area contributed by atoms with Crippen molar-refractivity contribution < 1.29 is 4.43 Å².